The maximum absolute atomic E-state index is 12.8. The lowest BCUT2D eigenvalue weighted by molar-refractivity contribution is -0.166. The first-order valence-electron chi connectivity index (χ1n) is 25.9. The zero-order valence-electron chi connectivity index (χ0n) is 41.3. The van der Waals surface area contributed by atoms with E-state index in [0.29, 0.717) is 19.3 Å². The third-order valence-corrected chi connectivity index (χ3v) is 10.6. The fourth-order valence-electron chi connectivity index (χ4n) is 6.72. The highest BCUT2D eigenvalue weighted by molar-refractivity contribution is 5.71. The molecule has 0 aromatic carbocycles. The van der Waals surface area contributed by atoms with Crippen LogP contribution in [0.3, 0.4) is 0 Å². The normalized spacial score (nSPS) is 13.0. The summed E-state index contributed by atoms with van der Waals surface area (Å²) in [6, 6.07) is 0. The van der Waals surface area contributed by atoms with Gasteiger partial charge in [-0.3, -0.25) is 14.4 Å². The van der Waals surface area contributed by atoms with Gasteiger partial charge in [0.15, 0.2) is 6.10 Å². The molecule has 0 aliphatic rings. The highest BCUT2D eigenvalue weighted by atomic mass is 16.6. The van der Waals surface area contributed by atoms with Crippen LogP contribution in [0.15, 0.2) is 109 Å². The van der Waals surface area contributed by atoms with Gasteiger partial charge in [0, 0.05) is 19.3 Å². The Labute approximate surface area is 393 Å². The summed E-state index contributed by atoms with van der Waals surface area (Å²) in [4.78, 5) is 38.0. The number of hydrogen-bond acceptors (Lipinski definition) is 6. The van der Waals surface area contributed by atoms with Gasteiger partial charge >= 0.3 is 17.9 Å². The second-order valence-corrected chi connectivity index (χ2v) is 16.7. The van der Waals surface area contributed by atoms with Gasteiger partial charge in [-0.1, -0.05) is 214 Å². The molecule has 0 aromatic rings. The predicted molar refractivity (Wildman–Crippen MR) is 274 cm³/mol. The van der Waals surface area contributed by atoms with Crippen LogP contribution in [0.25, 0.3) is 0 Å². The molecule has 0 aromatic heterocycles. The van der Waals surface area contributed by atoms with Crippen LogP contribution in [0.2, 0.25) is 0 Å². The Morgan fingerprint density at radius 2 is 0.719 bits per heavy atom. The standard InChI is InChI=1S/C58H94O6/c1-4-7-10-13-16-19-22-25-27-29-31-33-36-39-42-45-48-51-57(60)63-54-55(53-62-56(59)50-47-44-41-38-35-32-24-21-18-15-12-9-6-3)64-58(61)52-49-46-43-40-37-34-30-28-26-23-20-17-14-11-8-5-2/h8-9,11-12,15,17-18,20-21,24-28,34,37,43,46,55H,4-7,10,13-14,16,19,22-23,29-33,35-36,38-42,44-45,47-54H2,1-3H3/b11-8+,12-9+,18-15+,20-17+,24-21+,27-25+,28-26+,37-34+,46-43+. The van der Waals surface area contributed by atoms with Gasteiger partial charge in [-0.2, -0.15) is 0 Å². The van der Waals surface area contributed by atoms with E-state index in [1.807, 2.05) is 12.2 Å². The molecule has 0 N–H and O–H groups in total. The Kier molecular flexibility index (Phi) is 48.5. The van der Waals surface area contributed by atoms with Gasteiger partial charge in [-0.15, -0.1) is 0 Å². The molecule has 1 unspecified atom stereocenters. The smallest absolute Gasteiger partial charge is 0.306 e. The summed E-state index contributed by atoms with van der Waals surface area (Å²) in [5.74, 6) is -1.03. The van der Waals surface area contributed by atoms with Crippen LogP contribution in [0.4, 0.5) is 0 Å². The van der Waals surface area contributed by atoms with E-state index in [9.17, 15) is 14.4 Å². The minimum Gasteiger partial charge on any atom is -0.462 e. The van der Waals surface area contributed by atoms with Crippen molar-refractivity contribution >= 4 is 17.9 Å². The van der Waals surface area contributed by atoms with E-state index in [-0.39, 0.29) is 31.6 Å². The van der Waals surface area contributed by atoms with Crippen LogP contribution in [-0.2, 0) is 28.6 Å². The van der Waals surface area contributed by atoms with Crippen LogP contribution >= 0.6 is 0 Å². The van der Waals surface area contributed by atoms with Gasteiger partial charge in [0.2, 0.25) is 0 Å². The number of carbonyl (C=O) groups is 3. The van der Waals surface area contributed by atoms with E-state index in [4.69, 9.17) is 14.2 Å². The molecule has 0 aliphatic carbocycles. The van der Waals surface area contributed by atoms with Crippen LogP contribution < -0.4 is 0 Å². The molecule has 0 heterocycles. The summed E-state index contributed by atoms with van der Waals surface area (Å²) in [6.07, 6.45) is 69.4. The molecule has 0 rings (SSSR count). The number of allylic oxidation sites excluding steroid dienone is 18. The summed E-state index contributed by atoms with van der Waals surface area (Å²) in [7, 11) is 0. The molecule has 1 atom stereocenters. The number of unbranched alkanes of at least 4 members (excludes halogenated alkanes) is 18. The van der Waals surface area contributed by atoms with Crippen LogP contribution in [0.5, 0.6) is 0 Å². The Balaban J connectivity index is 4.53. The van der Waals surface area contributed by atoms with E-state index in [1.165, 1.54) is 77.0 Å². The van der Waals surface area contributed by atoms with Crippen molar-refractivity contribution in [3.63, 3.8) is 0 Å². The molecule has 0 bridgehead atoms. The first kappa shape index (κ1) is 60.1. The molecule has 362 valence electrons. The average Bonchev–Trinajstić information content (AvgIpc) is 3.29. The molecule has 0 radical (unpaired) electrons. The maximum atomic E-state index is 12.8. The lowest BCUT2D eigenvalue weighted by Gasteiger charge is -2.18. The number of hydrogen-bond donors (Lipinski definition) is 0. The molecular formula is C58H94O6. The molecule has 64 heavy (non-hydrogen) atoms. The summed E-state index contributed by atoms with van der Waals surface area (Å²) >= 11 is 0. The van der Waals surface area contributed by atoms with Crippen molar-refractivity contribution in [3.8, 4) is 0 Å². The lowest BCUT2D eigenvalue weighted by Crippen LogP contribution is -2.30. The van der Waals surface area contributed by atoms with E-state index < -0.39 is 12.1 Å². The molecule has 6 nitrogen and oxygen atoms in total. The minimum absolute atomic E-state index is 0.118. The summed E-state index contributed by atoms with van der Waals surface area (Å²) < 4.78 is 16.7. The molecule has 0 saturated heterocycles. The zero-order chi connectivity index (χ0) is 46.5. The molecule has 0 fully saturated rings. The maximum Gasteiger partial charge on any atom is 0.306 e. The highest BCUT2D eigenvalue weighted by Crippen LogP contribution is 2.13. The van der Waals surface area contributed by atoms with Crippen molar-refractivity contribution in [1.29, 1.82) is 0 Å². The van der Waals surface area contributed by atoms with Crippen LogP contribution in [0, 0.1) is 0 Å². The topological polar surface area (TPSA) is 78.9 Å². The Hall–Kier alpha value is -3.93. The first-order valence-corrected chi connectivity index (χ1v) is 25.9. The minimum atomic E-state index is -0.829. The quantitative estimate of drug-likeness (QED) is 0.0199. The molecule has 0 amide bonds. The fraction of sp³-hybridized carbons (Fsp3) is 0.638. The van der Waals surface area contributed by atoms with Crippen molar-refractivity contribution < 1.29 is 28.6 Å². The van der Waals surface area contributed by atoms with Crippen molar-refractivity contribution in [3.05, 3.63) is 109 Å². The largest absolute Gasteiger partial charge is 0.462 e. The monoisotopic (exact) mass is 887 g/mol. The van der Waals surface area contributed by atoms with Gasteiger partial charge in [-0.25, -0.2) is 0 Å². The van der Waals surface area contributed by atoms with E-state index in [0.717, 1.165) is 96.3 Å². The molecule has 0 spiro atoms. The third-order valence-electron chi connectivity index (χ3n) is 10.6. The summed E-state index contributed by atoms with van der Waals surface area (Å²) in [6.45, 7) is 6.29. The van der Waals surface area contributed by atoms with Crippen LogP contribution in [-0.4, -0.2) is 37.2 Å². The van der Waals surface area contributed by atoms with Crippen molar-refractivity contribution in [1.82, 2.24) is 0 Å². The fourth-order valence-corrected chi connectivity index (χ4v) is 6.72. The Morgan fingerprint density at radius 3 is 1.19 bits per heavy atom. The molecular weight excluding hydrogens is 793 g/mol. The van der Waals surface area contributed by atoms with Gasteiger partial charge in [-0.05, 0) is 96.3 Å². The van der Waals surface area contributed by atoms with Gasteiger partial charge in [0.25, 0.3) is 0 Å². The second kappa shape index (κ2) is 51.7. The van der Waals surface area contributed by atoms with E-state index >= 15 is 0 Å². The average molecular weight is 887 g/mol. The van der Waals surface area contributed by atoms with Crippen molar-refractivity contribution in [2.45, 2.75) is 226 Å². The number of esters is 3. The Morgan fingerprint density at radius 1 is 0.344 bits per heavy atom. The molecule has 6 heteroatoms. The molecule has 0 aliphatic heterocycles. The van der Waals surface area contributed by atoms with E-state index in [1.54, 1.807) is 0 Å². The Bertz CT molecular complexity index is 1340. The second-order valence-electron chi connectivity index (χ2n) is 16.7. The lowest BCUT2D eigenvalue weighted by atomic mass is 10.1. The first-order chi connectivity index (χ1) is 31.5. The van der Waals surface area contributed by atoms with Crippen LogP contribution in [0.1, 0.15) is 220 Å². The molecule has 0 saturated carbocycles. The van der Waals surface area contributed by atoms with Crippen molar-refractivity contribution in [2.24, 2.45) is 0 Å². The number of carbonyl (C=O) groups excluding carboxylic acids is 3. The van der Waals surface area contributed by atoms with Gasteiger partial charge in [0.1, 0.15) is 13.2 Å². The van der Waals surface area contributed by atoms with E-state index in [2.05, 4.69) is 118 Å². The summed E-state index contributed by atoms with van der Waals surface area (Å²) in [5.41, 5.74) is 0. The summed E-state index contributed by atoms with van der Waals surface area (Å²) in [5, 5.41) is 0. The van der Waals surface area contributed by atoms with Crippen molar-refractivity contribution in [2.75, 3.05) is 13.2 Å². The SMILES string of the molecule is CC/C=C/C=C/C=C/CCCCCCCC(=O)OCC(COC(=O)CCCCCCCCC/C=C/CCCCCCCC)OC(=O)CC/C=C/C/C=C/C/C=C/C/C=C/C/C=C/CC. The van der Waals surface area contributed by atoms with Gasteiger partial charge < -0.3 is 14.2 Å². The predicted octanol–water partition coefficient (Wildman–Crippen LogP) is 17.1. The highest BCUT2D eigenvalue weighted by Gasteiger charge is 2.19. The number of rotatable bonds is 45. The zero-order valence-corrected chi connectivity index (χ0v) is 41.3. The third kappa shape index (κ3) is 49.1. The van der Waals surface area contributed by atoms with Gasteiger partial charge in [0.05, 0.1) is 0 Å². The number of ether oxygens (including phenoxy) is 3.